The molecule has 0 spiro atoms. The van der Waals surface area contributed by atoms with E-state index in [1.165, 1.54) is 9.87 Å². The van der Waals surface area contributed by atoms with E-state index in [1.54, 1.807) is 23.2 Å². The van der Waals surface area contributed by atoms with Gasteiger partial charge in [0, 0.05) is 55.9 Å². The molecule has 1 aliphatic heterocycles. The van der Waals surface area contributed by atoms with Crippen molar-refractivity contribution in [1.82, 2.24) is 19.1 Å². The van der Waals surface area contributed by atoms with E-state index in [4.69, 9.17) is 0 Å². The standard InChI is InChI=1S/C27H34N4O3S/c1-5-29(20(2)3)19-22-9-11-23(12-10-22)27(32)30-13-15-31(16-14-30)35(33,34)25-8-6-7-24-17-21(4)18-28-26(24)25/h6-12,17-18,20H,5,13-16,19H2,1-4H3. The second kappa shape index (κ2) is 10.4. The summed E-state index contributed by atoms with van der Waals surface area (Å²) in [6, 6.07) is 15.4. The smallest absolute Gasteiger partial charge is 0.253 e. The van der Waals surface area contributed by atoms with E-state index in [0.29, 0.717) is 30.2 Å². The molecule has 3 aromatic rings. The number of carbonyl (C=O) groups excluding carboxylic acids is 1. The molecule has 0 N–H and O–H groups in total. The zero-order valence-corrected chi connectivity index (χ0v) is 21.8. The number of para-hydroxylation sites is 1. The van der Waals surface area contributed by atoms with Crippen LogP contribution in [0.2, 0.25) is 0 Å². The predicted octanol–water partition coefficient (Wildman–Crippen LogP) is 3.92. The summed E-state index contributed by atoms with van der Waals surface area (Å²) in [5.74, 6) is -0.0629. The molecular weight excluding hydrogens is 460 g/mol. The maximum atomic E-state index is 13.4. The highest BCUT2D eigenvalue weighted by Crippen LogP contribution is 2.26. The maximum absolute atomic E-state index is 13.4. The lowest BCUT2D eigenvalue weighted by Gasteiger charge is -2.34. The molecule has 1 saturated heterocycles. The zero-order chi connectivity index (χ0) is 25.2. The van der Waals surface area contributed by atoms with Gasteiger partial charge in [-0.3, -0.25) is 14.7 Å². The molecule has 0 bridgehead atoms. The largest absolute Gasteiger partial charge is 0.336 e. The number of sulfonamides is 1. The minimum atomic E-state index is -3.71. The van der Waals surface area contributed by atoms with Crippen LogP contribution in [-0.2, 0) is 16.6 Å². The first-order chi connectivity index (χ1) is 16.7. The molecule has 0 saturated carbocycles. The van der Waals surface area contributed by atoms with Gasteiger partial charge < -0.3 is 4.90 Å². The number of fused-ring (bicyclic) bond motifs is 1. The molecule has 1 aromatic heterocycles. The highest BCUT2D eigenvalue weighted by molar-refractivity contribution is 7.89. The Kier molecular flexibility index (Phi) is 7.54. The van der Waals surface area contributed by atoms with Crippen molar-refractivity contribution in [2.24, 2.45) is 0 Å². The highest BCUT2D eigenvalue weighted by Gasteiger charge is 2.31. The lowest BCUT2D eigenvalue weighted by Crippen LogP contribution is -2.50. The summed E-state index contributed by atoms with van der Waals surface area (Å²) in [6.07, 6.45) is 1.69. The third kappa shape index (κ3) is 5.39. The van der Waals surface area contributed by atoms with Crippen LogP contribution in [0.1, 0.15) is 42.3 Å². The van der Waals surface area contributed by atoms with Gasteiger partial charge in [0.05, 0.1) is 5.52 Å². The molecule has 8 heteroatoms. The number of benzene rings is 2. The van der Waals surface area contributed by atoms with E-state index in [9.17, 15) is 13.2 Å². The lowest BCUT2D eigenvalue weighted by atomic mass is 10.1. The van der Waals surface area contributed by atoms with Crippen molar-refractivity contribution < 1.29 is 13.2 Å². The molecule has 2 aromatic carbocycles. The molecule has 186 valence electrons. The van der Waals surface area contributed by atoms with Crippen LogP contribution in [0.5, 0.6) is 0 Å². The minimum absolute atomic E-state index is 0.0629. The molecule has 7 nitrogen and oxygen atoms in total. The number of amides is 1. The van der Waals surface area contributed by atoms with Gasteiger partial charge in [-0.05, 0) is 62.7 Å². The van der Waals surface area contributed by atoms with Crippen LogP contribution in [0.3, 0.4) is 0 Å². The highest BCUT2D eigenvalue weighted by atomic mass is 32.2. The number of aromatic nitrogens is 1. The summed E-state index contributed by atoms with van der Waals surface area (Å²) in [4.78, 5) is 21.8. The molecule has 1 aliphatic rings. The van der Waals surface area contributed by atoms with Gasteiger partial charge in [0.15, 0.2) is 0 Å². The zero-order valence-electron chi connectivity index (χ0n) is 20.9. The molecule has 1 fully saturated rings. The van der Waals surface area contributed by atoms with E-state index >= 15 is 0 Å². The summed E-state index contributed by atoms with van der Waals surface area (Å²) in [7, 11) is -3.71. The second-order valence-electron chi connectivity index (χ2n) is 9.39. The van der Waals surface area contributed by atoms with Crippen LogP contribution < -0.4 is 0 Å². The first kappa shape index (κ1) is 25.3. The van der Waals surface area contributed by atoms with Crippen molar-refractivity contribution in [3.63, 3.8) is 0 Å². The average molecular weight is 495 g/mol. The van der Waals surface area contributed by atoms with Crippen LogP contribution >= 0.6 is 0 Å². The Morgan fingerprint density at radius 3 is 2.37 bits per heavy atom. The molecule has 35 heavy (non-hydrogen) atoms. The molecule has 0 radical (unpaired) electrons. The average Bonchev–Trinajstić information content (AvgIpc) is 2.86. The Labute approximate surface area is 208 Å². The molecule has 0 unspecified atom stereocenters. The first-order valence-corrected chi connectivity index (χ1v) is 13.6. The number of hydrogen-bond acceptors (Lipinski definition) is 5. The van der Waals surface area contributed by atoms with Gasteiger partial charge in [0.1, 0.15) is 4.90 Å². The Morgan fingerprint density at radius 2 is 1.74 bits per heavy atom. The van der Waals surface area contributed by atoms with Crippen molar-refractivity contribution in [1.29, 1.82) is 0 Å². The summed E-state index contributed by atoms with van der Waals surface area (Å²) in [5.41, 5.74) is 3.27. The monoisotopic (exact) mass is 494 g/mol. The van der Waals surface area contributed by atoms with E-state index in [2.05, 4.69) is 30.7 Å². The summed E-state index contributed by atoms with van der Waals surface area (Å²) >= 11 is 0. The van der Waals surface area contributed by atoms with Crippen molar-refractivity contribution in [2.75, 3.05) is 32.7 Å². The van der Waals surface area contributed by atoms with Crippen molar-refractivity contribution in [3.05, 3.63) is 71.4 Å². The third-order valence-corrected chi connectivity index (χ3v) is 8.61. The fourth-order valence-corrected chi connectivity index (χ4v) is 6.14. The topological polar surface area (TPSA) is 73.8 Å². The van der Waals surface area contributed by atoms with Gasteiger partial charge in [-0.1, -0.05) is 31.2 Å². The number of rotatable bonds is 7. The fourth-order valence-electron chi connectivity index (χ4n) is 4.55. The number of nitrogens with zero attached hydrogens (tertiary/aromatic N) is 4. The number of aryl methyl sites for hydroxylation is 1. The van der Waals surface area contributed by atoms with E-state index in [1.807, 2.05) is 43.3 Å². The Morgan fingerprint density at radius 1 is 1.06 bits per heavy atom. The van der Waals surface area contributed by atoms with E-state index in [-0.39, 0.29) is 23.9 Å². The lowest BCUT2D eigenvalue weighted by molar-refractivity contribution is 0.0698. The van der Waals surface area contributed by atoms with Gasteiger partial charge in [-0.25, -0.2) is 8.42 Å². The summed E-state index contributed by atoms with van der Waals surface area (Å²) in [6.45, 7) is 11.5. The molecule has 4 rings (SSSR count). The van der Waals surface area contributed by atoms with E-state index < -0.39 is 10.0 Å². The Hall–Kier alpha value is -2.81. The Balaban J connectivity index is 1.43. The number of piperazine rings is 1. The van der Waals surface area contributed by atoms with Crippen molar-refractivity contribution in [2.45, 2.75) is 45.2 Å². The number of pyridine rings is 1. The number of hydrogen-bond donors (Lipinski definition) is 0. The van der Waals surface area contributed by atoms with Crippen LogP contribution in [0.4, 0.5) is 0 Å². The minimum Gasteiger partial charge on any atom is -0.336 e. The van der Waals surface area contributed by atoms with Crippen LogP contribution in [0.15, 0.2) is 59.6 Å². The Bertz CT molecular complexity index is 1300. The van der Waals surface area contributed by atoms with Gasteiger partial charge in [0.2, 0.25) is 10.0 Å². The van der Waals surface area contributed by atoms with Gasteiger partial charge in [-0.2, -0.15) is 4.31 Å². The fraction of sp³-hybridized carbons (Fsp3) is 0.407. The summed E-state index contributed by atoms with van der Waals surface area (Å²) < 4.78 is 28.3. The third-order valence-electron chi connectivity index (χ3n) is 6.68. The van der Waals surface area contributed by atoms with Gasteiger partial charge in [0.25, 0.3) is 5.91 Å². The SMILES string of the molecule is CCN(Cc1ccc(C(=O)N2CCN(S(=O)(=O)c3cccc4cc(C)cnc34)CC2)cc1)C(C)C. The molecular formula is C27H34N4O3S. The van der Waals surface area contributed by atoms with Crippen molar-refractivity contribution >= 4 is 26.8 Å². The van der Waals surface area contributed by atoms with Gasteiger partial charge in [-0.15, -0.1) is 0 Å². The van der Waals surface area contributed by atoms with E-state index in [0.717, 1.165) is 24.0 Å². The number of carbonyl (C=O) groups is 1. The molecule has 1 amide bonds. The van der Waals surface area contributed by atoms with Gasteiger partial charge >= 0.3 is 0 Å². The molecule has 0 aliphatic carbocycles. The predicted molar refractivity (Wildman–Crippen MR) is 139 cm³/mol. The second-order valence-corrected chi connectivity index (χ2v) is 11.3. The molecule has 0 atom stereocenters. The maximum Gasteiger partial charge on any atom is 0.253 e. The summed E-state index contributed by atoms with van der Waals surface area (Å²) in [5, 5.41) is 0.804. The molecule has 2 heterocycles. The quantitative estimate of drug-likeness (QED) is 0.498. The van der Waals surface area contributed by atoms with Crippen LogP contribution in [0, 0.1) is 6.92 Å². The first-order valence-electron chi connectivity index (χ1n) is 12.2. The normalized spacial score (nSPS) is 15.3. The van der Waals surface area contributed by atoms with Crippen LogP contribution in [-0.4, -0.2) is 72.2 Å². The van der Waals surface area contributed by atoms with Crippen LogP contribution in [0.25, 0.3) is 10.9 Å². The van der Waals surface area contributed by atoms with Crippen molar-refractivity contribution in [3.8, 4) is 0 Å².